The van der Waals surface area contributed by atoms with Crippen LogP contribution in [0.1, 0.15) is 34.1 Å². The molecule has 0 spiro atoms. The summed E-state index contributed by atoms with van der Waals surface area (Å²) in [5.41, 5.74) is -0.00521. The summed E-state index contributed by atoms with van der Waals surface area (Å²) in [4.78, 5) is 0. The second kappa shape index (κ2) is 2.92. The van der Waals surface area contributed by atoms with Gasteiger partial charge in [0.15, 0.2) is 0 Å². The number of terminal acetylenes is 1. The Morgan fingerprint density at radius 1 is 1.56 bits per heavy atom. The Balaban J connectivity index is 4.01. The van der Waals surface area contributed by atoms with Crippen LogP contribution in [0.4, 0.5) is 0 Å². The third kappa shape index (κ3) is 2.10. The van der Waals surface area contributed by atoms with Gasteiger partial charge in [0.2, 0.25) is 0 Å². The molecule has 1 radical (unpaired) electrons. The van der Waals surface area contributed by atoms with E-state index in [9.17, 15) is 0 Å². The highest BCUT2D eigenvalue weighted by atomic mass is 14.2. The summed E-state index contributed by atoms with van der Waals surface area (Å²) in [5, 5.41) is 0. The summed E-state index contributed by atoms with van der Waals surface area (Å²) in [6.45, 7) is 8.39. The highest BCUT2D eigenvalue weighted by molar-refractivity contribution is 5.14. The van der Waals surface area contributed by atoms with Crippen molar-refractivity contribution in [1.82, 2.24) is 0 Å². The zero-order valence-corrected chi connectivity index (χ0v) is 6.78. The van der Waals surface area contributed by atoms with Gasteiger partial charge in [-0.15, -0.1) is 6.42 Å². The molecule has 0 saturated carbocycles. The summed E-state index contributed by atoms with van der Waals surface area (Å²) in [7, 11) is 0. The first-order chi connectivity index (χ1) is 4.04. The van der Waals surface area contributed by atoms with Crippen molar-refractivity contribution in [3.05, 3.63) is 5.92 Å². The number of hydrogen-bond donors (Lipinski definition) is 0. The van der Waals surface area contributed by atoms with Gasteiger partial charge in [0, 0.05) is 5.41 Å². The lowest BCUT2D eigenvalue weighted by Gasteiger charge is -2.23. The quantitative estimate of drug-likeness (QED) is 0.495. The zero-order valence-electron chi connectivity index (χ0n) is 6.78. The van der Waals surface area contributed by atoms with Gasteiger partial charge in [-0.25, -0.2) is 0 Å². The van der Waals surface area contributed by atoms with E-state index in [2.05, 4.69) is 33.6 Å². The van der Waals surface area contributed by atoms with Crippen molar-refractivity contribution in [3.8, 4) is 12.3 Å². The molecule has 51 valence electrons. The summed E-state index contributed by atoms with van der Waals surface area (Å²) in [6.07, 6.45) is 6.39. The minimum atomic E-state index is -0.00521. The van der Waals surface area contributed by atoms with Crippen LogP contribution in [0.15, 0.2) is 0 Å². The molecule has 9 heavy (non-hydrogen) atoms. The first kappa shape index (κ1) is 8.56. The topological polar surface area (TPSA) is 0 Å². The van der Waals surface area contributed by atoms with Crippen molar-refractivity contribution in [1.29, 1.82) is 0 Å². The fourth-order valence-electron chi connectivity index (χ4n) is 0.565. The first-order valence-electron chi connectivity index (χ1n) is 3.35. The molecule has 0 saturated heterocycles. The fourth-order valence-corrected chi connectivity index (χ4v) is 0.565. The van der Waals surface area contributed by atoms with Gasteiger partial charge in [0.05, 0.1) is 0 Å². The van der Waals surface area contributed by atoms with Crippen LogP contribution in [0.2, 0.25) is 0 Å². The van der Waals surface area contributed by atoms with Gasteiger partial charge in [0.25, 0.3) is 0 Å². The van der Waals surface area contributed by atoms with Gasteiger partial charge >= 0.3 is 0 Å². The Bertz CT molecular complexity index is 114. The normalized spacial score (nSPS) is 11.6. The molecule has 0 bridgehead atoms. The van der Waals surface area contributed by atoms with Crippen LogP contribution < -0.4 is 0 Å². The molecule has 0 aromatic heterocycles. The predicted molar refractivity (Wildman–Crippen MR) is 41.8 cm³/mol. The Labute approximate surface area is 58.7 Å². The molecular formula is C9H15. The van der Waals surface area contributed by atoms with Crippen LogP contribution in [0, 0.1) is 23.7 Å². The van der Waals surface area contributed by atoms with Crippen LogP contribution in [0.5, 0.6) is 0 Å². The molecule has 0 aromatic rings. The molecule has 0 nitrogen and oxygen atoms in total. The van der Waals surface area contributed by atoms with Crippen molar-refractivity contribution < 1.29 is 0 Å². The molecule has 0 unspecified atom stereocenters. The van der Waals surface area contributed by atoms with Crippen LogP contribution in [0.3, 0.4) is 0 Å². The van der Waals surface area contributed by atoms with E-state index >= 15 is 0 Å². The minimum Gasteiger partial charge on any atom is -0.120 e. The SMILES string of the molecule is C#CC(C)(C)[C](C)CC. The maximum atomic E-state index is 5.31. The van der Waals surface area contributed by atoms with Crippen molar-refractivity contribution in [2.75, 3.05) is 0 Å². The standard InChI is InChI=1S/C9H15/c1-6-8(3)9(4,5)7-2/h2H,6H2,1,3-5H3. The summed E-state index contributed by atoms with van der Waals surface area (Å²) in [5.74, 6) is 4.13. The third-order valence-electron chi connectivity index (χ3n) is 1.96. The molecule has 0 aromatic carbocycles. The van der Waals surface area contributed by atoms with Crippen LogP contribution in [-0.4, -0.2) is 0 Å². The van der Waals surface area contributed by atoms with E-state index in [1.807, 2.05) is 0 Å². The molecule has 0 aliphatic heterocycles. The molecular weight excluding hydrogens is 108 g/mol. The van der Waals surface area contributed by atoms with Gasteiger partial charge in [-0.2, -0.15) is 0 Å². The van der Waals surface area contributed by atoms with E-state index < -0.39 is 0 Å². The highest BCUT2D eigenvalue weighted by Crippen LogP contribution is 2.29. The van der Waals surface area contributed by atoms with Crippen molar-refractivity contribution in [2.45, 2.75) is 34.1 Å². The molecule has 0 heteroatoms. The second-order valence-corrected chi connectivity index (χ2v) is 2.90. The highest BCUT2D eigenvalue weighted by Gasteiger charge is 2.21. The molecule has 0 rings (SSSR count). The van der Waals surface area contributed by atoms with Gasteiger partial charge in [-0.3, -0.25) is 0 Å². The summed E-state index contributed by atoms with van der Waals surface area (Å²) in [6, 6.07) is 0. The van der Waals surface area contributed by atoms with Gasteiger partial charge in [-0.05, 0) is 26.2 Å². The fraction of sp³-hybridized carbons (Fsp3) is 0.667. The van der Waals surface area contributed by atoms with Crippen LogP contribution in [-0.2, 0) is 0 Å². The number of rotatable bonds is 2. The van der Waals surface area contributed by atoms with Crippen molar-refractivity contribution >= 4 is 0 Å². The average molecular weight is 123 g/mol. The summed E-state index contributed by atoms with van der Waals surface area (Å²) >= 11 is 0. The van der Waals surface area contributed by atoms with Gasteiger partial charge < -0.3 is 0 Å². The van der Waals surface area contributed by atoms with E-state index in [1.165, 1.54) is 5.92 Å². The third-order valence-corrected chi connectivity index (χ3v) is 1.96. The lowest BCUT2D eigenvalue weighted by atomic mass is 9.79. The van der Waals surface area contributed by atoms with E-state index in [0.29, 0.717) is 0 Å². The van der Waals surface area contributed by atoms with E-state index in [-0.39, 0.29) is 5.41 Å². The molecule has 0 fully saturated rings. The van der Waals surface area contributed by atoms with Crippen LogP contribution in [0.25, 0.3) is 0 Å². The molecule has 0 atom stereocenters. The van der Waals surface area contributed by atoms with E-state index in [4.69, 9.17) is 6.42 Å². The molecule has 0 amide bonds. The smallest absolute Gasteiger partial charge is 0.0314 e. The zero-order chi connectivity index (χ0) is 7.49. The number of hydrogen-bond acceptors (Lipinski definition) is 0. The molecule has 0 heterocycles. The van der Waals surface area contributed by atoms with Gasteiger partial charge in [0.1, 0.15) is 0 Å². The van der Waals surface area contributed by atoms with E-state index in [0.717, 1.165) is 6.42 Å². The second-order valence-electron chi connectivity index (χ2n) is 2.90. The Morgan fingerprint density at radius 2 is 2.00 bits per heavy atom. The van der Waals surface area contributed by atoms with Crippen molar-refractivity contribution in [2.24, 2.45) is 5.41 Å². The van der Waals surface area contributed by atoms with Gasteiger partial charge in [-0.1, -0.05) is 19.8 Å². The Hall–Kier alpha value is -0.440. The molecule has 0 aliphatic rings. The van der Waals surface area contributed by atoms with Crippen molar-refractivity contribution in [3.63, 3.8) is 0 Å². The Morgan fingerprint density at radius 3 is 2.11 bits per heavy atom. The van der Waals surface area contributed by atoms with Crippen LogP contribution >= 0.6 is 0 Å². The molecule has 0 aliphatic carbocycles. The predicted octanol–water partition coefficient (Wildman–Crippen LogP) is 2.65. The monoisotopic (exact) mass is 123 g/mol. The largest absolute Gasteiger partial charge is 0.120 e. The first-order valence-corrected chi connectivity index (χ1v) is 3.35. The summed E-state index contributed by atoms with van der Waals surface area (Å²) < 4.78 is 0. The lowest BCUT2D eigenvalue weighted by molar-refractivity contribution is 0.500. The van der Waals surface area contributed by atoms with E-state index in [1.54, 1.807) is 0 Å². The maximum Gasteiger partial charge on any atom is 0.0314 e. The Kier molecular flexibility index (Phi) is 2.77. The maximum absolute atomic E-state index is 5.31. The average Bonchev–Trinajstić information content (AvgIpc) is 1.86. The lowest BCUT2D eigenvalue weighted by Crippen LogP contribution is -2.16. The minimum absolute atomic E-state index is 0.00521. The molecule has 0 N–H and O–H groups in total.